The van der Waals surface area contributed by atoms with E-state index in [1.54, 1.807) is 22.8 Å². The summed E-state index contributed by atoms with van der Waals surface area (Å²) in [6, 6.07) is 8.17. The maximum Gasteiger partial charge on any atom is 0.273 e. The van der Waals surface area contributed by atoms with Crippen molar-refractivity contribution in [2.45, 2.75) is 13.5 Å². The Kier molecular flexibility index (Phi) is 3.54. The van der Waals surface area contributed by atoms with Gasteiger partial charge in [-0.2, -0.15) is 0 Å². The van der Waals surface area contributed by atoms with Crippen LogP contribution < -0.4 is 0 Å². The van der Waals surface area contributed by atoms with Gasteiger partial charge in [-0.25, -0.2) is 4.98 Å². The van der Waals surface area contributed by atoms with Gasteiger partial charge in [-0.15, -0.1) is 11.3 Å². The van der Waals surface area contributed by atoms with Crippen LogP contribution in [0.4, 0.5) is 0 Å². The van der Waals surface area contributed by atoms with Crippen LogP contribution >= 0.6 is 11.3 Å². The van der Waals surface area contributed by atoms with Gasteiger partial charge < -0.3 is 4.90 Å². The average molecular weight is 246 g/mol. The van der Waals surface area contributed by atoms with Gasteiger partial charge in [0.25, 0.3) is 5.91 Å². The van der Waals surface area contributed by atoms with Crippen molar-refractivity contribution < 1.29 is 4.79 Å². The topological polar surface area (TPSA) is 33.2 Å². The number of aromatic nitrogens is 1. The molecule has 1 aromatic heterocycles. The number of amides is 1. The molecule has 0 fully saturated rings. The molecule has 0 aliphatic heterocycles. The Morgan fingerprint density at radius 2 is 2.29 bits per heavy atom. The first-order chi connectivity index (χ1) is 8.16. The summed E-state index contributed by atoms with van der Waals surface area (Å²) in [7, 11) is 1.80. The molecule has 2 aromatic rings. The molecule has 0 radical (unpaired) electrons. The van der Waals surface area contributed by atoms with E-state index in [0.717, 1.165) is 5.56 Å². The van der Waals surface area contributed by atoms with Crippen LogP contribution in [0, 0.1) is 6.92 Å². The van der Waals surface area contributed by atoms with Crippen LogP contribution in [-0.4, -0.2) is 22.8 Å². The molecule has 0 spiro atoms. The average Bonchev–Trinajstić information content (AvgIpc) is 2.81. The smallest absolute Gasteiger partial charge is 0.273 e. The summed E-state index contributed by atoms with van der Waals surface area (Å²) in [5.74, 6) is -0.0345. The monoisotopic (exact) mass is 246 g/mol. The summed E-state index contributed by atoms with van der Waals surface area (Å²) in [4.78, 5) is 17.7. The van der Waals surface area contributed by atoms with Gasteiger partial charge in [-0.1, -0.05) is 29.8 Å². The van der Waals surface area contributed by atoms with Crippen molar-refractivity contribution in [2.24, 2.45) is 0 Å². The summed E-state index contributed by atoms with van der Waals surface area (Å²) in [5, 5.41) is 1.77. The van der Waals surface area contributed by atoms with Crippen molar-refractivity contribution in [3.05, 3.63) is 52.0 Å². The van der Waals surface area contributed by atoms with Crippen molar-refractivity contribution >= 4 is 17.2 Å². The standard InChI is InChI=1S/C13H14N2OS/c1-10-4-3-5-11(6-10)7-15(2)13(16)12-8-17-9-14-12/h3-6,8-9H,7H2,1-2H3. The van der Waals surface area contributed by atoms with Crippen molar-refractivity contribution in [2.75, 3.05) is 7.05 Å². The number of carbonyl (C=O) groups excluding carboxylic acids is 1. The number of carbonyl (C=O) groups is 1. The maximum atomic E-state index is 12.0. The highest BCUT2D eigenvalue weighted by Gasteiger charge is 2.13. The quantitative estimate of drug-likeness (QED) is 0.834. The van der Waals surface area contributed by atoms with Gasteiger partial charge in [-0.3, -0.25) is 4.79 Å². The van der Waals surface area contributed by atoms with Crippen molar-refractivity contribution in [1.82, 2.24) is 9.88 Å². The molecule has 88 valence electrons. The Morgan fingerprint density at radius 3 is 2.94 bits per heavy atom. The van der Waals surface area contributed by atoms with Crippen LogP contribution in [-0.2, 0) is 6.54 Å². The van der Waals surface area contributed by atoms with E-state index in [0.29, 0.717) is 12.2 Å². The lowest BCUT2D eigenvalue weighted by molar-refractivity contribution is 0.0780. The molecular formula is C13H14N2OS. The summed E-state index contributed by atoms with van der Waals surface area (Å²) in [6.45, 7) is 2.66. The van der Waals surface area contributed by atoms with Crippen molar-refractivity contribution in [1.29, 1.82) is 0 Å². The normalized spacial score (nSPS) is 10.2. The lowest BCUT2D eigenvalue weighted by atomic mass is 10.1. The summed E-state index contributed by atoms with van der Waals surface area (Å²) in [5.41, 5.74) is 4.53. The van der Waals surface area contributed by atoms with E-state index in [2.05, 4.69) is 11.1 Å². The van der Waals surface area contributed by atoms with E-state index < -0.39 is 0 Å². The van der Waals surface area contributed by atoms with Crippen LogP contribution in [0.5, 0.6) is 0 Å². The third-order valence-electron chi connectivity index (χ3n) is 2.50. The van der Waals surface area contributed by atoms with Crippen LogP contribution in [0.1, 0.15) is 21.6 Å². The molecule has 0 aliphatic carbocycles. The number of benzene rings is 1. The Hall–Kier alpha value is -1.68. The third kappa shape index (κ3) is 2.91. The van der Waals surface area contributed by atoms with Crippen LogP contribution in [0.3, 0.4) is 0 Å². The Morgan fingerprint density at radius 1 is 1.47 bits per heavy atom. The number of hydrogen-bond donors (Lipinski definition) is 0. The molecule has 0 bridgehead atoms. The van der Waals surface area contributed by atoms with Gasteiger partial charge in [-0.05, 0) is 12.5 Å². The highest BCUT2D eigenvalue weighted by molar-refractivity contribution is 7.07. The summed E-state index contributed by atoms with van der Waals surface area (Å²) >= 11 is 1.44. The molecule has 0 saturated heterocycles. The minimum absolute atomic E-state index is 0.0345. The number of nitrogens with zero attached hydrogens (tertiary/aromatic N) is 2. The second kappa shape index (κ2) is 5.10. The van der Waals surface area contributed by atoms with E-state index >= 15 is 0 Å². The SMILES string of the molecule is Cc1cccc(CN(C)C(=O)c2cscn2)c1. The first-order valence-corrected chi connectivity index (χ1v) is 6.30. The molecule has 1 amide bonds. The van der Waals surface area contributed by atoms with E-state index in [1.807, 2.05) is 25.1 Å². The molecule has 1 aromatic carbocycles. The largest absolute Gasteiger partial charge is 0.336 e. The van der Waals surface area contributed by atoms with E-state index in [-0.39, 0.29) is 5.91 Å². The lowest BCUT2D eigenvalue weighted by Crippen LogP contribution is -2.26. The van der Waals surface area contributed by atoms with Gasteiger partial charge in [0.2, 0.25) is 0 Å². The van der Waals surface area contributed by atoms with Crippen molar-refractivity contribution in [3.8, 4) is 0 Å². The molecule has 0 aliphatic rings. The number of thiazole rings is 1. The minimum Gasteiger partial charge on any atom is -0.336 e. The molecule has 17 heavy (non-hydrogen) atoms. The fraction of sp³-hybridized carbons (Fsp3) is 0.231. The van der Waals surface area contributed by atoms with Crippen molar-refractivity contribution in [3.63, 3.8) is 0 Å². The van der Waals surface area contributed by atoms with E-state index in [9.17, 15) is 4.79 Å². The molecule has 0 saturated carbocycles. The Labute approximate surface area is 105 Å². The zero-order valence-corrected chi connectivity index (χ0v) is 10.7. The highest BCUT2D eigenvalue weighted by atomic mass is 32.1. The first kappa shape index (κ1) is 11.8. The number of hydrogen-bond acceptors (Lipinski definition) is 3. The zero-order chi connectivity index (χ0) is 12.3. The molecule has 0 unspecified atom stereocenters. The zero-order valence-electron chi connectivity index (χ0n) is 9.88. The summed E-state index contributed by atoms with van der Waals surface area (Å²) < 4.78 is 0. The van der Waals surface area contributed by atoms with Gasteiger partial charge >= 0.3 is 0 Å². The fourth-order valence-corrected chi connectivity index (χ4v) is 2.20. The third-order valence-corrected chi connectivity index (χ3v) is 3.09. The van der Waals surface area contributed by atoms with Gasteiger partial charge in [0.05, 0.1) is 5.51 Å². The van der Waals surface area contributed by atoms with E-state index in [1.165, 1.54) is 16.9 Å². The van der Waals surface area contributed by atoms with Gasteiger partial charge in [0.15, 0.2) is 0 Å². The molecule has 4 heteroatoms. The lowest BCUT2D eigenvalue weighted by Gasteiger charge is -2.16. The minimum atomic E-state index is -0.0345. The first-order valence-electron chi connectivity index (χ1n) is 5.36. The molecule has 0 atom stereocenters. The molecule has 0 N–H and O–H groups in total. The highest BCUT2D eigenvalue weighted by Crippen LogP contribution is 2.10. The van der Waals surface area contributed by atoms with Crippen LogP contribution in [0.2, 0.25) is 0 Å². The Balaban J connectivity index is 2.07. The molecule has 1 heterocycles. The molecule has 2 rings (SSSR count). The second-order valence-electron chi connectivity index (χ2n) is 4.02. The molecular weight excluding hydrogens is 232 g/mol. The number of rotatable bonds is 3. The predicted octanol–water partition coefficient (Wildman–Crippen LogP) is 2.72. The van der Waals surface area contributed by atoms with Gasteiger partial charge in [0.1, 0.15) is 5.69 Å². The molecule has 3 nitrogen and oxygen atoms in total. The van der Waals surface area contributed by atoms with Crippen LogP contribution in [0.15, 0.2) is 35.2 Å². The maximum absolute atomic E-state index is 12.0. The Bertz CT molecular complexity index is 508. The summed E-state index contributed by atoms with van der Waals surface area (Å²) in [6.07, 6.45) is 0. The fourth-order valence-electron chi connectivity index (χ4n) is 1.67. The van der Waals surface area contributed by atoms with E-state index in [4.69, 9.17) is 0 Å². The number of aryl methyl sites for hydroxylation is 1. The second-order valence-corrected chi connectivity index (χ2v) is 4.74. The van der Waals surface area contributed by atoms with Crippen LogP contribution in [0.25, 0.3) is 0 Å². The predicted molar refractivity (Wildman–Crippen MR) is 69.1 cm³/mol. The van der Waals surface area contributed by atoms with Gasteiger partial charge in [0, 0.05) is 19.0 Å².